The van der Waals surface area contributed by atoms with Crippen LogP contribution in [0.3, 0.4) is 0 Å². The average Bonchev–Trinajstić information content (AvgIpc) is 3.23. The summed E-state index contributed by atoms with van der Waals surface area (Å²) in [5.41, 5.74) is -1.02. The van der Waals surface area contributed by atoms with Crippen LogP contribution < -0.4 is 0 Å². The second-order valence-corrected chi connectivity index (χ2v) is 18.1. The van der Waals surface area contributed by atoms with Crippen molar-refractivity contribution in [3.8, 4) is 0 Å². The van der Waals surface area contributed by atoms with Gasteiger partial charge >= 0.3 is 11.9 Å². The zero-order valence-electron chi connectivity index (χ0n) is 38.5. The van der Waals surface area contributed by atoms with Crippen molar-refractivity contribution >= 4 is 29.3 Å². The summed E-state index contributed by atoms with van der Waals surface area (Å²) in [6.07, 6.45) is 1.87. The van der Waals surface area contributed by atoms with Crippen LogP contribution in [0.1, 0.15) is 92.7 Å². The van der Waals surface area contributed by atoms with Crippen LogP contribution in [-0.2, 0) is 55.9 Å². The fourth-order valence-electron chi connectivity index (χ4n) is 8.94. The van der Waals surface area contributed by atoms with Crippen LogP contribution >= 0.6 is 11.6 Å². The van der Waals surface area contributed by atoms with Crippen molar-refractivity contribution in [2.24, 2.45) is 28.8 Å². The SMILES string of the molecule is CC[C@H]1OC(=O)[C@H](C)[C@@H](O/C=C\Cc2cccnc2)[C@H](C)[C@@H](O[C@@H]2O[C@H](C)C[C@H](N(C)C)[C@H]2OC(C)=O)[C@](C)(OC)C[C@@H](C)/C(=N\OCc2ccccc2Cl)[C@H](C)[C@@H](O)[C@]1(C)O. The molecule has 1 aromatic heterocycles. The van der Waals surface area contributed by atoms with Crippen molar-refractivity contribution in [1.82, 2.24) is 9.88 Å². The minimum absolute atomic E-state index is 0.0433. The maximum Gasteiger partial charge on any atom is 0.312 e. The number of cyclic esters (lactones) is 1. The van der Waals surface area contributed by atoms with E-state index in [0.29, 0.717) is 29.1 Å². The first-order valence-corrected chi connectivity index (χ1v) is 22.1. The molecule has 0 bridgehead atoms. The maximum atomic E-state index is 14.4. The van der Waals surface area contributed by atoms with Crippen molar-refractivity contribution in [1.29, 1.82) is 0 Å². The Labute approximate surface area is 373 Å². The number of hydrogen-bond donors (Lipinski definition) is 2. The molecule has 0 radical (unpaired) electrons. The number of ether oxygens (including phenoxy) is 6. The second-order valence-electron chi connectivity index (χ2n) is 17.7. The van der Waals surface area contributed by atoms with E-state index in [1.165, 1.54) is 13.8 Å². The van der Waals surface area contributed by atoms with Gasteiger partial charge in [0.2, 0.25) is 0 Å². The number of likely N-dealkylation sites (N-methyl/N-ethyl adjacent to an activating group) is 1. The molecule has 14 atom stereocenters. The van der Waals surface area contributed by atoms with Gasteiger partial charge in [-0.2, -0.15) is 0 Å². The summed E-state index contributed by atoms with van der Waals surface area (Å²) in [5.74, 6) is -3.99. The molecule has 0 saturated carbocycles. The van der Waals surface area contributed by atoms with E-state index >= 15 is 0 Å². The lowest BCUT2D eigenvalue weighted by molar-refractivity contribution is -0.303. The van der Waals surface area contributed by atoms with Gasteiger partial charge in [-0.25, -0.2) is 0 Å². The molecule has 62 heavy (non-hydrogen) atoms. The van der Waals surface area contributed by atoms with Crippen LogP contribution in [0, 0.1) is 23.7 Å². The largest absolute Gasteiger partial charge is 0.497 e. The zero-order chi connectivity index (χ0) is 45.9. The Kier molecular flexibility index (Phi) is 18.8. The number of hydrogen-bond acceptors (Lipinski definition) is 14. The summed E-state index contributed by atoms with van der Waals surface area (Å²) in [5, 5.41) is 29.3. The fraction of sp³-hybridized carbons (Fsp3) is 0.660. The van der Waals surface area contributed by atoms with Gasteiger partial charge in [0.25, 0.3) is 0 Å². The van der Waals surface area contributed by atoms with E-state index in [9.17, 15) is 19.8 Å². The minimum Gasteiger partial charge on any atom is -0.497 e. The molecule has 0 aliphatic carbocycles. The first kappa shape index (κ1) is 51.0. The second kappa shape index (κ2) is 22.8. The highest BCUT2D eigenvalue weighted by Crippen LogP contribution is 2.41. The average molecular weight is 889 g/mol. The van der Waals surface area contributed by atoms with Crippen molar-refractivity contribution < 1.29 is 53.1 Å². The molecule has 1 aromatic carbocycles. The van der Waals surface area contributed by atoms with Gasteiger partial charge in [0.05, 0.1) is 47.8 Å². The van der Waals surface area contributed by atoms with Gasteiger partial charge in [-0.3, -0.25) is 14.6 Å². The molecule has 2 aromatic rings. The van der Waals surface area contributed by atoms with Gasteiger partial charge in [0, 0.05) is 54.8 Å². The smallest absolute Gasteiger partial charge is 0.312 e. The lowest BCUT2D eigenvalue weighted by Crippen LogP contribution is -2.61. The number of benzene rings is 1. The number of oxime groups is 1. The number of methoxy groups -OCH3 is 1. The fourth-order valence-corrected chi connectivity index (χ4v) is 9.13. The third kappa shape index (κ3) is 12.8. The Morgan fingerprint density at radius 2 is 1.79 bits per heavy atom. The Bertz CT molecular complexity index is 1800. The quantitative estimate of drug-likeness (QED) is 0.121. The Balaban J connectivity index is 1.90. The van der Waals surface area contributed by atoms with E-state index in [1.54, 1.807) is 52.6 Å². The summed E-state index contributed by atoms with van der Waals surface area (Å²) < 4.78 is 38.8. The summed E-state index contributed by atoms with van der Waals surface area (Å²) >= 11 is 6.46. The number of aliphatic hydroxyl groups excluding tert-OH is 1. The predicted octanol–water partition coefficient (Wildman–Crippen LogP) is 6.92. The van der Waals surface area contributed by atoms with Gasteiger partial charge in [0.1, 0.15) is 24.4 Å². The third-order valence-electron chi connectivity index (χ3n) is 12.6. The highest BCUT2D eigenvalue weighted by Gasteiger charge is 2.53. The molecule has 2 saturated heterocycles. The van der Waals surface area contributed by atoms with E-state index in [4.69, 9.17) is 44.9 Å². The molecule has 0 amide bonds. The third-order valence-corrected chi connectivity index (χ3v) is 12.9. The number of rotatable bonds is 13. The maximum absolute atomic E-state index is 14.4. The van der Waals surface area contributed by atoms with Crippen molar-refractivity contribution in [2.75, 3.05) is 21.2 Å². The highest BCUT2D eigenvalue weighted by molar-refractivity contribution is 6.31. The van der Waals surface area contributed by atoms with Gasteiger partial charge in [-0.15, -0.1) is 0 Å². The monoisotopic (exact) mass is 887 g/mol. The number of aliphatic hydroxyl groups is 2. The first-order valence-electron chi connectivity index (χ1n) is 21.7. The van der Waals surface area contributed by atoms with E-state index in [1.807, 2.05) is 83.1 Å². The summed E-state index contributed by atoms with van der Waals surface area (Å²) in [7, 11) is 5.42. The summed E-state index contributed by atoms with van der Waals surface area (Å²) in [6.45, 7) is 15.8. The van der Waals surface area contributed by atoms with E-state index in [2.05, 4.69) is 10.1 Å². The Morgan fingerprint density at radius 3 is 2.40 bits per heavy atom. The molecular weight excluding hydrogens is 818 g/mol. The van der Waals surface area contributed by atoms with Gasteiger partial charge in [0.15, 0.2) is 12.4 Å². The van der Waals surface area contributed by atoms with Crippen molar-refractivity contribution in [3.63, 3.8) is 0 Å². The van der Waals surface area contributed by atoms with Crippen LogP contribution in [0.15, 0.2) is 66.3 Å². The minimum atomic E-state index is -1.91. The van der Waals surface area contributed by atoms with Crippen LogP contribution in [0.2, 0.25) is 5.02 Å². The van der Waals surface area contributed by atoms with Crippen molar-refractivity contribution in [2.45, 2.75) is 155 Å². The Morgan fingerprint density at radius 1 is 1.08 bits per heavy atom. The summed E-state index contributed by atoms with van der Waals surface area (Å²) in [4.78, 5) is 39.2. The van der Waals surface area contributed by atoms with E-state index in [0.717, 1.165) is 5.56 Å². The highest BCUT2D eigenvalue weighted by atomic mass is 35.5. The molecule has 0 unspecified atom stereocenters. The topological polar surface area (TPSA) is 168 Å². The number of nitrogens with zero attached hydrogens (tertiary/aromatic N) is 3. The molecule has 2 N–H and O–H groups in total. The van der Waals surface area contributed by atoms with Gasteiger partial charge in [-0.1, -0.05) is 68.7 Å². The number of allylic oxidation sites excluding steroid dienone is 1. The number of carbonyl (C=O) groups excluding carboxylic acids is 2. The molecule has 14 nitrogen and oxygen atoms in total. The lowest BCUT2D eigenvalue weighted by Gasteiger charge is -2.49. The molecular formula is C47H70ClN3O11. The Hall–Kier alpha value is -3.63. The van der Waals surface area contributed by atoms with Crippen LogP contribution in [0.4, 0.5) is 0 Å². The van der Waals surface area contributed by atoms with Crippen molar-refractivity contribution in [3.05, 3.63) is 77.3 Å². The van der Waals surface area contributed by atoms with Crippen LogP contribution in [-0.4, -0.2) is 119 Å². The molecule has 15 heteroatoms. The number of halogens is 1. The molecule has 2 fully saturated rings. The standard InChI is InChI=1S/C47H70ClN3O11/c1-13-38-47(9,55)42(53)30(4)39(50-58-27-35-20-14-15-21-36(35)48)28(2)25-46(8,56-12)43(62-45-41(60-33(7)52)37(51(10)11)24-29(3)59-45)31(5)40(32(6)44(54)61-38)57-23-17-19-34-18-16-22-49-26-34/h14-18,20-23,26,28-32,37-38,40-43,45,53,55H,13,19,24-25,27H2,1-12H3/b23-17-,50-39+/t28-,29-,30+,31+,32-,37+,38-,40+,41-,42-,43-,45+,46-,47-/m1/s1. The molecule has 2 aliphatic rings. The van der Waals surface area contributed by atoms with E-state index < -0.39 is 83.6 Å². The van der Waals surface area contributed by atoms with Gasteiger partial charge in [-0.05, 0) is 91.2 Å². The summed E-state index contributed by atoms with van der Waals surface area (Å²) in [6, 6.07) is 10.8. The molecule has 3 heterocycles. The van der Waals surface area contributed by atoms with Crippen LogP contribution in [0.5, 0.6) is 0 Å². The number of aromatic nitrogens is 1. The van der Waals surface area contributed by atoms with E-state index in [-0.39, 0.29) is 31.6 Å². The predicted molar refractivity (Wildman–Crippen MR) is 236 cm³/mol. The lowest BCUT2D eigenvalue weighted by atomic mass is 9.73. The number of carbonyl (C=O) groups is 2. The first-order chi connectivity index (χ1) is 29.2. The van der Waals surface area contributed by atoms with Gasteiger partial charge < -0.3 is 48.4 Å². The molecule has 4 rings (SSSR count). The molecule has 346 valence electrons. The number of pyridine rings is 1. The van der Waals surface area contributed by atoms with Crippen LogP contribution in [0.25, 0.3) is 0 Å². The number of esters is 2. The molecule has 0 spiro atoms. The normalized spacial score (nSPS) is 35.9. The zero-order valence-corrected chi connectivity index (χ0v) is 39.3. The molecule has 2 aliphatic heterocycles.